The van der Waals surface area contributed by atoms with E-state index in [4.69, 9.17) is 4.74 Å². The molecular formula is C22H23N7O2. The third-order valence-electron chi connectivity index (χ3n) is 5.70. The number of piperazine rings is 1. The summed E-state index contributed by atoms with van der Waals surface area (Å²) in [4.78, 5) is 26.1. The van der Waals surface area contributed by atoms with E-state index in [1.807, 2.05) is 41.6 Å². The molecule has 31 heavy (non-hydrogen) atoms. The first kappa shape index (κ1) is 19.1. The van der Waals surface area contributed by atoms with Gasteiger partial charge in [0.1, 0.15) is 11.4 Å². The summed E-state index contributed by atoms with van der Waals surface area (Å²) in [5.74, 6) is 1.65. The second kappa shape index (κ2) is 7.75. The van der Waals surface area contributed by atoms with Crippen molar-refractivity contribution >= 4 is 17.4 Å². The Balaban J connectivity index is 1.37. The van der Waals surface area contributed by atoms with Gasteiger partial charge < -0.3 is 14.5 Å². The monoisotopic (exact) mass is 417 g/mol. The highest BCUT2D eigenvalue weighted by molar-refractivity contribution is 5.92. The number of rotatable bonds is 4. The van der Waals surface area contributed by atoms with Crippen LogP contribution in [0.4, 0.5) is 5.82 Å². The molecule has 1 aromatic carbocycles. The maximum atomic E-state index is 12.7. The summed E-state index contributed by atoms with van der Waals surface area (Å²) < 4.78 is 8.92. The molecule has 0 radical (unpaired) electrons. The van der Waals surface area contributed by atoms with Crippen LogP contribution in [0.25, 0.3) is 16.9 Å². The Morgan fingerprint density at radius 3 is 2.45 bits per heavy atom. The maximum Gasteiger partial charge on any atom is 0.272 e. The van der Waals surface area contributed by atoms with Crippen LogP contribution in [-0.2, 0) is 7.05 Å². The van der Waals surface area contributed by atoms with E-state index in [1.165, 1.54) is 0 Å². The second-order valence-electron chi connectivity index (χ2n) is 7.44. The van der Waals surface area contributed by atoms with Gasteiger partial charge in [0.2, 0.25) is 0 Å². The standard InChI is InChI=1S/C22H23N7O2/c1-26-18(7-8-25-26)22(30)28-13-11-27(12-14-28)20-21-24-15-19(29(21)10-9-23-20)16-3-5-17(31-2)6-4-16/h3-10,15H,11-14H2,1-2H3. The van der Waals surface area contributed by atoms with Gasteiger partial charge in [-0.25, -0.2) is 9.97 Å². The average Bonchev–Trinajstić information content (AvgIpc) is 3.45. The molecule has 0 aliphatic carbocycles. The number of carbonyl (C=O) groups excluding carboxylic acids is 1. The quantitative estimate of drug-likeness (QED) is 0.506. The summed E-state index contributed by atoms with van der Waals surface area (Å²) in [7, 11) is 3.44. The molecule has 1 aliphatic rings. The normalized spacial score (nSPS) is 14.3. The van der Waals surface area contributed by atoms with E-state index in [0.29, 0.717) is 31.9 Å². The van der Waals surface area contributed by atoms with Gasteiger partial charge in [0, 0.05) is 57.4 Å². The van der Waals surface area contributed by atoms with Gasteiger partial charge in [0.05, 0.1) is 19.0 Å². The molecule has 0 atom stereocenters. The molecule has 1 amide bonds. The number of ether oxygens (including phenoxy) is 1. The van der Waals surface area contributed by atoms with Gasteiger partial charge in [-0.2, -0.15) is 5.10 Å². The summed E-state index contributed by atoms with van der Waals surface area (Å²) >= 11 is 0. The molecule has 3 aromatic heterocycles. The topological polar surface area (TPSA) is 80.8 Å². The molecule has 9 heteroatoms. The first-order valence-electron chi connectivity index (χ1n) is 10.1. The predicted octanol–water partition coefficient (Wildman–Crippen LogP) is 2.10. The van der Waals surface area contributed by atoms with Crippen molar-refractivity contribution in [3.8, 4) is 17.0 Å². The van der Waals surface area contributed by atoms with Gasteiger partial charge in [-0.1, -0.05) is 0 Å². The van der Waals surface area contributed by atoms with Crippen LogP contribution < -0.4 is 9.64 Å². The van der Waals surface area contributed by atoms with Gasteiger partial charge in [0.15, 0.2) is 11.5 Å². The highest BCUT2D eigenvalue weighted by atomic mass is 16.5. The van der Waals surface area contributed by atoms with Crippen LogP contribution in [0.1, 0.15) is 10.5 Å². The third kappa shape index (κ3) is 3.37. The van der Waals surface area contributed by atoms with E-state index >= 15 is 0 Å². The minimum atomic E-state index is 0.00780. The van der Waals surface area contributed by atoms with Crippen LogP contribution in [-0.4, -0.2) is 68.2 Å². The number of anilines is 1. The average molecular weight is 417 g/mol. The molecule has 9 nitrogen and oxygen atoms in total. The Bertz CT molecular complexity index is 1220. The second-order valence-corrected chi connectivity index (χ2v) is 7.44. The fourth-order valence-corrected chi connectivity index (χ4v) is 3.97. The van der Waals surface area contributed by atoms with Crippen LogP contribution in [0, 0.1) is 0 Å². The molecule has 1 aliphatic heterocycles. The zero-order valence-electron chi connectivity index (χ0n) is 17.5. The predicted molar refractivity (Wildman–Crippen MR) is 116 cm³/mol. The van der Waals surface area contributed by atoms with Crippen molar-refractivity contribution in [2.45, 2.75) is 0 Å². The van der Waals surface area contributed by atoms with Crippen molar-refractivity contribution in [2.24, 2.45) is 7.05 Å². The van der Waals surface area contributed by atoms with Crippen molar-refractivity contribution in [1.82, 2.24) is 29.0 Å². The number of imidazole rings is 1. The highest BCUT2D eigenvalue weighted by Crippen LogP contribution is 2.27. The molecule has 0 bridgehead atoms. The molecule has 158 valence electrons. The van der Waals surface area contributed by atoms with E-state index in [1.54, 1.807) is 37.3 Å². The van der Waals surface area contributed by atoms with Crippen molar-refractivity contribution in [3.63, 3.8) is 0 Å². The molecule has 5 rings (SSSR count). The molecule has 0 N–H and O–H groups in total. The van der Waals surface area contributed by atoms with Gasteiger partial charge >= 0.3 is 0 Å². The van der Waals surface area contributed by atoms with Crippen molar-refractivity contribution in [1.29, 1.82) is 0 Å². The van der Waals surface area contributed by atoms with E-state index in [-0.39, 0.29) is 5.91 Å². The van der Waals surface area contributed by atoms with Crippen molar-refractivity contribution in [2.75, 3.05) is 38.2 Å². The number of benzene rings is 1. The molecule has 4 heterocycles. The number of aromatic nitrogens is 5. The van der Waals surface area contributed by atoms with Crippen molar-refractivity contribution < 1.29 is 9.53 Å². The Morgan fingerprint density at radius 2 is 1.77 bits per heavy atom. The fourth-order valence-electron chi connectivity index (χ4n) is 3.97. The van der Waals surface area contributed by atoms with Crippen LogP contribution in [0.15, 0.2) is 55.1 Å². The van der Waals surface area contributed by atoms with Gasteiger partial charge in [-0.15, -0.1) is 0 Å². The van der Waals surface area contributed by atoms with Crippen LogP contribution in [0.2, 0.25) is 0 Å². The SMILES string of the molecule is COc1ccc(-c2cnc3c(N4CCN(C(=O)c5ccnn5C)CC4)nccn23)cc1. The fraction of sp³-hybridized carbons (Fsp3) is 0.273. The Kier molecular flexibility index (Phi) is 4.78. The lowest BCUT2D eigenvalue weighted by atomic mass is 10.1. The van der Waals surface area contributed by atoms with E-state index in [0.717, 1.165) is 28.5 Å². The Morgan fingerprint density at radius 1 is 1.00 bits per heavy atom. The summed E-state index contributed by atoms with van der Waals surface area (Å²) in [6, 6.07) is 9.67. The highest BCUT2D eigenvalue weighted by Gasteiger charge is 2.26. The molecule has 1 fully saturated rings. The van der Waals surface area contributed by atoms with Crippen LogP contribution in [0.5, 0.6) is 5.75 Å². The number of carbonyl (C=O) groups is 1. The first-order valence-corrected chi connectivity index (χ1v) is 10.1. The minimum absolute atomic E-state index is 0.00780. The molecule has 0 spiro atoms. The largest absolute Gasteiger partial charge is 0.497 e. The summed E-state index contributed by atoms with van der Waals surface area (Å²) in [6.07, 6.45) is 7.23. The number of aryl methyl sites for hydroxylation is 1. The smallest absolute Gasteiger partial charge is 0.272 e. The third-order valence-corrected chi connectivity index (χ3v) is 5.70. The zero-order valence-corrected chi connectivity index (χ0v) is 17.5. The number of hydrogen-bond acceptors (Lipinski definition) is 6. The van der Waals surface area contributed by atoms with E-state index < -0.39 is 0 Å². The number of amides is 1. The van der Waals surface area contributed by atoms with Gasteiger partial charge in [-0.05, 0) is 30.3 Å². The Labute approximate surface area is 179 Å². The van der Waals surface area contributed by atoms with Crippen molar-refractivity contribution in [3.05, 3.63) is 60.8 Å². The number of fused-ring (bicyclic) bond motifs is 1. The summed E-state index contributed by atoms with van der Waals surface area (Å²) in [5, 5.41) is 4.10. The van der Waals surface area contributed by atoms with Gasteiger partial charge in [-0.3, -0.25) is 13.9 Å². The van der Waals surface area contributed by atoms with E-state index in [9.17, 15) is 4.79 Å². The summed E-state index contributed by atoms with van der Waals surface area (Å²) in [6.45, 7) is 2.64. The number of methoxy groups -OCH3 is 1. The lowest BCUT2D eigenvalue weighted by molar-refractivity contribution is 0.0735. The molecule has 4 aromatic rings. The molecule has 0 saturated carbocycles. The first-order chi connectivity index (χ1) is 15.2. The lowest BCUT2D eigenvalue weighted by Crippen LogP contribution is -2.49. The number of hydrogen-bond donors (Lipinski definition) is 0. The lowest BCUT2D eigenvalue weighted by Gasteiger charge is -2.35. The van der Waals surface area contributed by atoms with E-state index in [2.05, 4.69) is 24.4 Å². The maximum absolute atomic E-state index is 12.7. The van der Waals surface area contributed by atoms with Gasteiger partial charge in [0.25, 0.3) is 5.91 Å². The molecule has 1 saturated heterocycles. The minimum Gasteiger partial charge on any atom is -0.497 e. The van der Waals surface area contributed by atoms with Crippen LogP contribution in [0.3, 0.4) is 0 Å². The molecular weight excluding hydrogens is 394 g/mol. The Hall–Kier alpha value is -3.88. The van der Waals surface area contributed by atoms with Crippen LogP contribution >= 0.6 is 0 Å². The number of nitrogens with zero attached hydrogens (tertiary/aromatic N) is 7. The molecule has 0 unspecified atom stereocenters. The zero-order chi connectivity index (χ0) is 21.4. The summed E-state index contributed by atoms with van der Waals surface area (Å²) in [5.41, 5.74) is 3.45.